The first-order valence-corrected chi connectivity index (χ1v) is 6.17. The number of aromatic nitrogens is 3. The highest BCUT2D eigenvalue weighted by atomic mass is 15.3. The maximum absolute atomic E-state index is 5.43. The molecule has 0 unspecified atom stereocenters. The van der Waals surface area contributed by atoms with Gasteiger partial charge < -0.3 is 10.3 Å². The summed E-state index contributed by atoms with van der Waals surface area (Å²) < 4.78 is 0. The van der Waals surface area contributed by atoms with Crippen molar-refractivity contribution in [2.45, 2.75) is 19.9 Å². The van der Waals surface area contributed by atoms with Crippen LogP contribution < -0.4 is 16.2 Å². The predicted octanol–water partition coefficient (Wildman–Crippen LogP) is 1.36. The van der Waals surface area contributed by atoms with Crippen LogP contribution in [-0.4, -0.2) is 22.0 Å². The molecule has 0 saturated carbocycles. The Labute approximate surface area is 112 Å². The molecule has 0 saturated heterocycles. The summed E-state index contributed by atoms with van der Waals surface area (Å²) in [6, 6.07) is 5.79. The third-order valence-corrected chi connectivity index (χ3v) is 2.76. The zero-order chi connectivity index (χ0) is 13.7. The summed E-state index contributed by atoms with van der Waals surface area (Å²) in [7, 11) is 1.98. The van der Waals surface area contributed by atoms with E-state index in [2.05, 4.69) is 20.4 Å². The van der Waals surface area contributed by atoms with Gasteiger partial charge in [-0.1, -0.05) is 13.0 Å². The van der Waals surface area contributed by atoms with Crippen LogP contribution in [0.25, 0.3) is 0 Å². The maximum atomic E-state index is 5.43. The average Bonchev–Trinajstić information content (AvgIpc) is 2.47. The third-order valence-electron chi connectivity index (χ3n) is 2.76. The lowest BCUT2D eigenvalue weighted by molar-refractivity contribution is 0.855. The normalized spacial score (nSPS) is 10.3. The minimum Gasteiger partial charge on any atom is -0.355 e. The standard InChI is InChI=1S/C13H18N6/c1-3-11-16-12(18-14)7-13(17-11)19(2)9-10-5-4-6-15-8-10/h4-8H,3,9,14H2,1-2H3,(H,16,17,18). The van der Waals surface area contributed by atoms with E-state index in [4.69, 9.17) is 5.84 Å². The molecule has 0 radical (unpaired) electrons. The molecule has 0 aliphatic carbocycles. The first-order valence-electron chi connectivity index (χ1n) is 6.17. The Hall–Kier alpha value is -2.21. The van der Waals surface area contributed by atoms with Crippen LogP contribution in [0.1, 0.15) is 18.3 Å². The van der Waals surface area contributed by atoms with Gasteiger partial charge in [-0.15, -0.1) is 0 Å². The molecule has 2 aromatic heterocycles. The van der Waals surface area contributed by atoms with E-state index < -0.39 is 0 Å². The van der Waals surface area contributed by atoms with E-state index in [9.17, 15) is 0 Å². The Morgan fingerprint density at radius 2 is 2.21 bits per heavy atom. The zero-order valence-corrected chi connectivity index (χ0v) is 11.2. The van der Waals surface area contributed by atoms with Crippen LogP contribution >= 0.6 is 0 Å². The summed E-state index contributed by atoms with van der Waals surface area (Å²) in [6.45, 7) is 2.75. The summed E-state index contributed by atoms with van der Waals surface area (Å²) in [5, 5.41) is 0. The quantitative estimate of drug-likeness (QED) is 0.622. The minimum atomic E-state index is 0.625. The molecule has 0 aromatic carbocycles. The molecule has 0 bridgehead atoms. The topological polar surface area (TPSA) is 80.0 Å². The monoisotopic (exact) mass is 258 g/mol. The third kappa shape index (κ3) is 3.38. The van der Waals surface area contributed by atoms with Crippen molar-refractivity contribution in [3.63, 3.8) is 0 Å². The van der Waals surface area contributed by atoms with Crippen molar-refractivity contribution < 1.29 is 0 Å². The van der Waals surface area contributed by atoms with Gasteiger partial charge in [0.2, 0.25) is 0 Å². The number of hydrogen-bond donors (Lipinski definition) is 2. The van der Waals surface area contributed by atoms with Crippen molar-refractivity contribution in [1.29, 1.82) is 0 Å². The van der Waals surface area contributed by atoms with Gasteiger partial charge in [0, 0.05) is 38.5 Å². The number of aryl methyl sites for hydroxylation is 1. The Morgan fingerprint density at radius 3 is 2.84 bits per heavy atom. The van der Waals surface area contributed by atoms with Crippen LogP contribution in [-0.2, 0) is 13.0 Å². The lowest BCUT2D eigenvalue weighted by Gasteiger charge is -2.19. The molecular formula is C13H18N6. The van der Waals surface area contributed by atoms with Crippen LogP contribution in [0.4, 0.5) is 11.6 Å². The van der Waals surface area contributed by atoms with E-state index in [1.54, 1.807) is 6.20 Å². The number of pyridine rings is 1. The molecule has 3 N–H and O–H groups in total. The molecule has 2 aromatic rings. The second-order valence-corrected chi connectivity index (χ2v) is 4.24. The van der Waals surface area contributed by atoms with Gasteiger partial charge >= 0.3 is 0 Å². The van der Waals surface area contributed by atoms with Crippen LogP contribution in [0.5, 0.6) is 0 Å². The summed E-state index contributed by atoms with van der Waals surface area (Å²) in [4.78, 5) is 14.9. The number of hydrazine groups is 1. The van der Waals surface area contributed by atoms with Gasteiger partial charge in [-0.3, -0.25) is 4.98 Å². The molecule has 6 heteroatoms. The molecule has 2 rings (SSSR count). The SMILES string of the molecule is CCc1nc(NN)cc(N(C)Cc2cccnc2)n1. The van der Waals surface area contributed by atoms with E-state index >= 15 is 0 Å². The van der Waals surface area contributed by atoms with Crippen molar-refractivity contribution in [3.05, 3.63) is 42.0 Å². The number of nitrogens with two attached hydrogens (primary N) is 1. The molecule has 0 fully saturated rings. The van der Waals surface area contributed by atoms with Crippen LogP contribution in [0, 0.1) is 0 Å². The highest BCUT2D eigenvalue weighted by Gasteiger charge is 2.08. The number of hydrogen-bond acceptors (Lipinski definition) is 6. The zero-order valence-electron chi connectivity index (χ0n) is 11.2. The minimum absolute atomic E-state index is 0.625. The summed E-state index contributed by atoms with van der Waals surface area (Å²) in [5.74, 6) is 7.65. The number of nitrogen functional groups attached to an aromatic ring is 1. The second kappa shape index (κ2) is 6.10. The molecule has 0 spiro atoms. The lowest BCUT2D eigenvalue weighted by Crippen LogP contribution is -2.20. The van der Waals surface area contributed by atoms with Gasteiger partial charge in [-0.05, 0) is 11.6 Å². The van der Waals surface area contributed by atoms with Crippen LogP contribution in [0.15, 0.2) is 30.6 Å². The molecule has 19 heavy (non-hydrogen) atoms. The van der Waals surface area contributed by atoms with Crippen molar-refractivity contribution in [2.24, 2.45) is 5.84 Å². The molecule has 0 atom stereocenters. The first kappa shape index (κ1) is 13.2. The molecule has 100 valence electrons. The fraction of sp³-hybridized carbons (Fsp3) is 0.308. The Bertz CT molecular complexity index is 506. The Kier molecular flexibility index (Phi) is 4.25. The lowest BCUT2D eigenvalue weighted by atomic mass is 10.2. The number of nitrogens with one attached hydrogen (secondary N) is 1. The molecule has 0 aliphatic heterocycles. The average molecular weight is 258 g/mol. The molecule has 6 nitrogen and oxygen atoms in total. The van der Waals surface area contributed by atoms with E-state index in [1.807, 2.05) is 43.3 Å². The molecule has 0 amide bonds. The van der Waals surface area contributed by atoms with Gasteiger partial charge in [0.1, 0.15) is 17.5 Å². The van der Waals surface area contributed by atoms with E-state index in [0.717, 1.165) is 30.2 Å². The first-order chi connectivity index (χ1) is 9.22. The molecule has 2 heterocycles. The molecular weight excluding hydrogens is 240 g/mol. The Balaban J connectivity index is 2.20. The number of rotatable bonds is 5. The number of anilines is 2. The smallest absolute Gasteiger partial charge is 0.145 e. The fourth-order valence-corrected chi connectivity index (χ4v) is 1.76. The number of nitrogens with zero attached hydrogens (tertiary/aromatic N) is 4. The van der Waals surface area contributed by atoms with E-state index in [0.29, 0.717) is 5.82 Å². The van der Waals surface area contributed by atoms with Crippen molar-refractivity contribution in [3.8, 4) is 0 Å². The van der Waals surface area contributed by atoms with Crippen molar-refractivity contribution >= 4 is 11.6 Å². The van der Waals surface area contributed by atoms with Gasteiger partial charge in [0.25, 0.3) is 0 Å². The Morgan fingerprint density at radius 1 is 1.37 bits per heavy atom. The predicted molar refractivity (Wildman–Crippen MR) is 75.6 cm³/mol. The van der Waals surface area contributed by atoms with E-state index in [1.165, 1.54) is 0 Å². The van der Waals surface area contributed by atoms with Crippen LogP contribution in [0.2, 0.25) is 0 Å². The van der Waals surface area contributed by atoms with Crippen LogP contribution in [0.3, 0.4) is 0 Å². The van der Waals surface area contributed by atoms with Crippen molar-refractivity contribution in [1.82, 2.24) is 15.0 Å². The van der Waals surface area contributed by atoms with Crippen molar-refractivity contribution in [2.75, 3.05) is 17.4 Å². The summed E-state index contributed by atoms with van der Waals surface area (Å²) in [5.41, 5.74) is 3.70. The summed E-state index contributed by atoms with van der Waals surface area (Å²) in [6.07, 6.45) is 4.38. The summed E-state index contributed by atoms with van der Waals surface area (Å²) >= 11 is 0. The molecule has 0 aliphatic rings. The fourth-order valence-electron chi connectivity index (χ4n) is 1.76. The van der Waals surface area contributed by atoms with Gasteiger partial charge in [-0.25, -0.2) is 15.8 Å². The van der Waals surface area contributed by atoms with Gasteiger partial charge in [0.05, 0.1) is 0 Å². The second-order valence-electron chi connectivity index (χ2n) is 4.24. The maximum Gasteiger partial charge on any atom is 0.145 e. The van der Waals surface area contributed by atoms with E-state index in [-0.39, 0.29) is 0 Å². The highest BCUT2D eigenvalue weighted by Crippen LogP contribution is 2.16. The van der Waals surface area contributed by atoms with Gasteiger partial charge in [0.15, 0.2) is 0 Å². The van der Waals surface area contributed by atoms with Gasteiger partial charge in [-0.2, -0.15) is 0 Å². The largest absolute Gasteiger partial charge is 0.355 e. The highest BCUT2D eigenvalue weighted by molar-refractivity contribution is 5.48.